The highest BCUT2D eigenvalue weighted by molar-refractivity contribution is 6.32. The minimum atomic E-state index is -0.467. The summed E-state index contributed by atoms with van der Waals surface area (Å²) in [5.74, 6) is 0.324. The molecule has 0 radical (unpaired) electrons. The molecule has 0 aromatic heterocycles. The fourth-order valence-electron chi connectivity index (χ4n) is 2.30. The smallest absolute Gasteiger partial charge is 0.273 e. The minimum Gasteiger partial charge on any atom is -0.487 e. The summed E-state index contributed by atoms with van der Waals surface area (Å²) in [4.78, 5) is 10.3. The van der Waals surface area contributed by atoms with Gasteiger partial charge in [-0.15, -0.1) is 0 Å². The molecule has 4 nitrogen and oxygen atoms in total. The molecular weight excluding hydrogens is 290 g/mol. The van der Waals surface area contributed by atoms with E-state index in [0.717, 1.165) is 16.7 Å². The predicted molar refractivity (Wildman–Crippen MR) is 83.1 cm³/mol. The molecule has 2 aromatic carbocycles. The van der Waals surface area contributed by atoms with Gasteiger partial charge >= 0.3 is 0 Å². The van der Waals surface area contributed by atoms with Gasteiger partial charge in [0.2, 0.25) is 0 Å². The van der Waals surface area contributed by atoms with Gasteiger partial charge in [-0.2, -0.15) is 0 Å². The molecule has 0 bridgehead atoms. The van der Waals surface area contributed by atoms with Gasteiger partial charge < -0.3 is 4.74 Å². The first-order valence-corrected chi connectivity index (χ1v) is 6.89. The van der Waals surface area contributed by atoms with Crippen molar-refractivity contribution in [3.05, 3.63) is 67.7 Å². The number of hydrogen-bond acceptors (Lipinski definition) is 3. The number of benzene rings is 2. The minimum absolute atomic E-state index is 0.0354. The lowest BCUT2D eigenvalue weighted by Gasteiger charge is -2.13. The van der Waals surface area contributed by atoms with Crippen LogP contribution in [-0.2, 0) is 6.61 Å². The Bertz CT molecular complexity index is 675. The van der Waals surface area contributed by atoms with E-state index in [-0.39, 0.29) is 5.69 Å². The summed E-state index contributed by atoms with van der Waals surface area (Å²) in [5.41, 5.74) is 4.50. The molecule has 0 aliphatic rings. The molecule has 2 aromatic rings. The van der Waals surface area contributed by atoms with Crippen molar-refractivity contribution < 1.29 is 9.66 Å². The van der Waals surface area contributed by atoms with Crippen LogP contribution in [0.5, 0.6) is 5.75 Å². The second-order valence-corrected chi connectivity index (χ2v) is 5.44. The van der Waals surface area contributed by atoms with E-state index in [1.165, 1.54) is 23.8 Å². The van der Waals surface area contributed by atoms with Crippen LogP contribution in [0.2, 0.25) is 5.02 Å². The van der Waals surface area contributed by atoms with Crippen molar-refractivity contribution in [2.45, 2.75) is 27.4 Å². The Balaban J connectivity index is 2.24. The van der Waals surface area contributed by atoms with E-state index >= 15 is 0 Å². The highest BCUT2D eigenvalue weighted by Crippen LogP contribution is 2.30. The van der Waals surface area contributed by atoms with Gasteiger partial charge in [-0.05, 0) is 43.5 Å². The summed E-state index contributed by atoms with van der Waals surface area (Å²) in [6, 6.07) is 8.35. The summed E-state index contributed by atoms with van der Waals surface area (Å²) >= 11 is 6.02. The fraction of sp³-hybridized carbons (Fsp3) is 0.250. The first-order valence-electron chi connectivity index (χ1n) is 6.52. The Morgan fingerprint density at radius 2 is 1.76 bits per heavy atom. The van der Waals surface area contributed by atoms with Gasteiger partial charge in [-0.25, -0.2) is 0 Å². The second kappa shape index (κ2) is 6.14. The lowest BCUT2D eigenvalue weighted by atomic mass is 10.0. The maximum absolute atomic E-state index is 10.8. The Morgan fingerprint density at radius 3 is 2.33 bits per heavy atom. The van der Waals surface area contributed by atoms with E-state index in [1.54, 1.807) is 0 Å². The van der Waals surface area contributed by atoms with Gasteiger partial charge in [-0.3, -0.25) is 10.1 Å². The maximum atomic E-state index is 10.8. The number of hydrogen-bond donors (Lipinski definition) is 0. The standard InChI is InChI=1S/C16H16ClNO3/c1-10-6-11(2)14(12(3)7-10)9-21-16-8-13(18(19)20)4-5-15(16)17/h4-8H,9H2,1-3H3. The van der Waals surface area contributed by atoms with Gasteiger partial charge in [0, 0.05) is 6.07 Å². The number of aryl methyl sites for hydroxylation is 3. The molecule has 110 valence electrons. The molecule has 0 unspecified atom stereocenters. The van der Waals surface area contributed by atoms with Crippen LogP contribution in [0.15, 0.2) is 30.3 Å². The average molecular weight is 306 g/mol. The lowest BCUT2D eigenvalue weighted by Crippen LogP contribution is -2.02. The maximum Gasteiger partial charge on any atom is 0.273 e. The molecular formula is C16H16ClNO3. The Morgan fingerprint density at radius 1 is 1.14 bits per heavy atom. The van der Waals surface area contributed by atoms with E-state index in [4.69, 9.17) is 16.3 Å². The highest BCUT2D eigenvalue weighted by atomic mass is 35.5. The Kier molecular flexibility index (Phi) is 4.48. The molecule has 21 heavy (non-hydrogen) atoms. The molecule has 0 heterocycles. The third-order valence-electron chi connectivity index (χ3n) is 3.34. The lowest BCUT2D eigenvalue weighted by molar-refractivity contribution is -0.384. The predicted octanol–water partition coefficient (Wildman–Crippen LogP) is 4.75. The molecule has 0 amide bonds. The van der Waals surface area contributed by atoms with Crippen molar-refractivity contribution in [1.29, 1.82) is 0 Å². The number of nitro groups is 1. The van der Waals surface area contributed by atoms with Gasteiger partial charge in [0.1, 0.15) is 12.4 Å². The van der Waals surface area contributed by atoms with Crippen LogP contribution in [-0.4, -0.2) is 4.92 Å². The van der Waals surface area contributed by atoms with E-state index < -0.39 is 4.92 Å². The number of nitrogens with zero attached hydrogens (tertiary/aromatic N) is 1. The summed E-state index contributed by atoms with van der Waals surface area (Å²) in [7, 11) is 0. The summed E-state index contributed by atoms with van der Waals surface area (Å²) < 4.78 is 5.68. The first-order chi connectivity index (χ1) is 9.88. The van der Waals surface area contributed by atoms with Crippen LogP contribution >= 0.6 is 11.6 Å². The van der Waals surface area contributed by atoms with Crippen LogP contribution in [0, 0.1) is 30.9 Å². The van der Waals surface area contributed by atoms with E-state index in [0.29, 0.717) is 17.4 Å². The van der Waals surface area contributed by atoms with Crippen LogP contribution in [0.4, 0.5) is 5.69 Å². The van der Waals surface area contributed by atoms with E-state index in [2.05, 4.69) is 12.1 Å². The quantitative estimate of drug-likeness (QED) is 0.605. The van der Waals surface area contributed by atoms with Crippen molar-refractivity contribution in [2.75, 3.05) is 0 Å². The SMILES string of the molecule is Cc1cc(C)c(COc2cc([N+](=O)[O-])ccc2Cl)c(C)c1. The van der Waals surface area contributed by atoms with Crippen LogP contribution in [0.25, 0.3) is 0 Å². The summed E-state index contributed by atoms with van der Waals surface area (Å²) in [6.07, 6.45) is 0. The number of nitro benzene ring substituents is 1. The monoisotopic (exact) mass is 305 g/mol. The zero-order valence-electron chi connectivity index (χ0n) is 12.1. The second-order valence-electron chi connectivity index (χ2n) is 5.04. The van der Waals surface area contributed by atoms with E-state index in [9.17, 15) is 10.1 Å². The third-order valence-corrected chi connectivity index (χ3v) is 3.65. The first kappa shape index (κ1) is 15.3. The van der Waals surface area contributed by atoms with Crippen molar-refractivity contribution in [3.63, 3.8) is 0 Å². The zero-order valence-corrected chi connectivity index (χ0v) is 12.9. The number of non-ortho nitro benzene ring substituents is 1. The van der Waals surface area contributed by atoms with Crippen LogP contribution in [0.1, 0.15) is 22.3 Å². The van der Waals surface area contributed by atoms with Crippen molar-refractivity contribution in [2.24, 2.45) is 0 Å². The molecule has 0 aliphatic carbocycles. The molecule has 2 rings (SSSR count). The Hall–Kier alpha value is -2.07. The molecule has 5 heteroatoms. The Labute approximate surface area is 128 Å². The van der Waals surface area contributed by atoms with Crippen molar-refractivity contribution >= 4 is 17.3 Å². The normalized spacial score (nSPS) is 10.5. The molecule has 0 spiro atoms. The fourth-order valence-corrected chi connectivity index (χ4v) is 2.48. The average Bonchev–Trinajstić information content (AvgIpc) is 2.39. The van der Waals surface area contributed by atoms with Gasteiger partial charge in [0.25, 0.3) is 5.69 Å². The highest BCUT2D eigenvalue weighted by Gasteiger charge is 2.12. The molecule has 0 atom stereocenters. The van der Waals surface area contributed by atoms with Crippen molar-refractivity contribution in [3.8, 4) is 5.75 Å². The molecule has 0 N–H and O–H groups in total. The molecule has 0 fully saturated rings. The van der Waals surface area contributed by atoms with Crippen LogP contribution in [0.3, 0.4) is 0 Å². The third kappa shape index (κ3) is 3.52. The van der Waals surface area contributed by atoms with Gasteiger partial charge in [-0.1, -0.05) is 29.3 Å². The summed E-state index contributed by atoms with van der Waals surface area (Å²) in [5, 5.41) is 11.2. The molecule has 0 aliphatic heterocycles. The van der Waals surface area contributed by atoms with E-state index in [1.807, 2.05) is 20.8 Å². The zero-order chi connectivity index (χ0) is 15.6. The molecule has 0 saturated heterocycles. The van der Waals surface area contributed by atoms with Crippen LogP contribution < -0.4 is 4.74 Å². The van der Waals surface area contributed by atoms with Gasteiger partial charge in [0.05, 0.1) is 16.0 Å². The van der Waals surface area contributed by atoms with Crippen molar-refractivity contribution in [1.82, 2.24) is 0 Å². The number of rotatable bonds is 4. The summed E-state index contributed by atoms with van der Waals surface area (Å²) in [6.45, 7) is 6.42. The largest absolute Gasteiger partial charge is 0.487 e. The molecule has 0 saturated carbocycles. The topological polar surface area (TPSA) is 52.4 Å². The number of halogens is 1. The number of ether oxygens (including phenoxy) is 1. The van der Waals surface area contributed by atoms with Gasteiger partial charge in [0.15, 0.2) is 0 Å².